The standard InChI is InChI=1S/C13H16N4O2/c1-3-14-12(18)8(2)15-13(19)11-9-6-4-5-7-10(9)16-17-11/h4-8H,3H2,1-2H3,(H,14,18)(H,15,19)(H,16,17)/t8-/m0/s1. The summed E-state index contributed by atoms with van der Waals surface area (Å²) >= 11 is 0. The minimum Gasteiger partial charge on any atom is -0.355 e. The summed E-state index contributed by atoms with van der Waals surface area (Å²) in [4.78, 5) is 23.6. The Morgan fingerprint density at radius 1 is 1.37 bits per heavy atom. The van der Waals surface area contributed by atoms with Crippen molar-refractivity contribution in [3.8, 4) is 0 Å². The topological polar surface area (TPSA) is 86.9 Å². The average molecular weight is 260 g/mol. The Hall–Kier alpha value is -2.37. The Morgan fingerprint density at radius 3 is 2.84 bits per heavy atom. The normalized spacial score (nSPS) is 12.1. The molecular formula is C13H16N4O2. The third-order valence-electron chi connectivity index (χ3n) is 2.78. The molecule has 19 heavy (non-hydrogen) atoms. The van der Waals surface area contributed by atoms with Crippen molar-refractivity contribution >= 4 is 22.7 Å². The van der Waals surface area contributed by atoms with Gasteiger partial charge in [-0.15, -0.1) is 0 Å². The number of aromatic nitrogens is 2. The number of fused-ring (bicyclic) bond motifs is 1. The average Bonchev–Trinajstić information content (AvgIpc) is 2.82. The molecule has 2 aromatic rings. The minimum absolute atomic E-state index is 0.212. The van der Waals surface area contributed by atoms with Crippen LogP contribution in [0.2, 0.25) is 0 Å². The predicted molar refractivity (Wildman–Crippen MR) is 71.7 cm³/mol. The Kier molecular flexibility index (Phi) is 3.79. The van der Waals surface area contributed by atoms with Gasteiger partial charge < -0.3 is 10.6 Å². The molecule has 0 aliphatic carbocycles. The zero-order valence-corrected chi connectivity index (χ0v) is 10.9. The van der Waals surface area contributed by atoms with Crippen LogP contribution in [-0.2, 0) is 4.79 Å². The number of nitrogens with zero attached hydrogens (tertiary/aromatic N) is 1. The van der Waals surface area contributed by atoms with E-state index in [2.05, 4.69) is 20.8 Å². The molecule has 0 spiro atoms. The van der Waals surface area contributed by atoms with Crippen molar-refractivity contribution in [3.05, 3.63) is 30.0 Å². The lowest BCUT2D eigenvalue weighted by Gasteiger charge is -2.12. The van der Waals surface area contributed by atoms with Gasteiger partial charge in [0.15, 0.2) is 5.69 Å². The van der Waals surface area contributed by atoms with E-state index in [0.717, 1.165) is 10.9 Å². The number of benzene rings is 1. The van der Waals surface area contributed by atoms with Gasteiger partial charge >= 0.3 is 0 Å². The second kappa shape index (κ2) is 5.51. The number of carbonyl (C=O) groups is 2. The van der Waals surface area contributed by atoms with Gasteiger partial charge in [-0.2, -0.15) is 5.10 Å². The van der Waals surface area contributed by atoms with Crippen LogP contribution in [-0.4, -0.2) is 34.6 Å². The molecule has 100 valence electrons. The maximum absolute atomic E-state index is 12.1. The SMILES string of the molecule is CCNC(=O)[C@H](C)NC(=O)c1n[nH]c2ccccc12. The van der Waals surface area contributed by atoms with E-state index >= 15 is 0 Å². The molecule has 3 N–H and O–H groups in total. The molecule has 6 nitrogen and oxygen atoms in total. The van der Waals surface area contributed by atoms with Gasteiger partial charge in [-0.05, 0) is 19.9 Å². The van der Waals surface area contributed by atoms with Crippen LogP contribution in [0.25, 0.3) is 10.9 Å². The number of carbonyl (C=O) groups excluding carboxylic acids is 2. The Bertz CT molecular complexity index is 605. The van der Waals surface area contributed by atoms with E-state index in [1.54, 1.807) is 6.92 Å². The second-order valence-electron chi connectivity index (χ2n) is 4.21. The van der Waals surface area contributed by atoms with Crippen molar-refractivity contribution in [2.24, 2.45) is 0 Å². The molecule has 0 fully saturated rings. The third-order valence-corrected chi connectivity index (χ3v) is 2.78. The monoisotopic (exact) mass is 260 g/mol. The van der Waals surface area contributed by atoms with Crippen LogP contribution in [0, 0.1) is 0 Å². The van der Waals surface area contributed by atoms with Gasteiger partial charge in [0.2, 0.25) is 5.91 Å². The van der Waals surface area contributed by atoms with Crippen molar-refractivity contribution < 1.29 is 9.59 Å². The van der Waals surface area contributed by atoms with Crippen LogP contribution in [0.15, 0.2) is 24.3 Å². The Morgan fingerprint density at radius 2 is 2.11 bits per heavy atom. The maximum atomic E-state index is 12.1. The first-order valence-corrected chi connectivity index (χ1v) is 6.15. The van der Waals surface area contributed by atoms with Gasteiger partial charge in [-0.25, -0.2) is 0 Å². The number of amides is 2. The van der Waals surface area contributed by atoms with Crippen LogP contribution < -0.4 is 10.6 Å². The van der Waals surface area contributed by atoms with Gasteiger partial charge in [-0.1, -0.05) is 18.2 Å². The zero-order valence-electron chi connectivity index (χ0n) is 10.9. The molecule has 0 saturated carbocycles. The highest BCUT2D eigenvalue weighted by atomic mass is 16.2. The largest absolute Gasteiger partial charge is 0.355 e. The summed E-state index contributed by atoms with van der Waals surface area (Å²) in [5.41, 5.74) is 1.09. The lowest BCUT2D eigenvalue weighted by atomic mass is 10.2. The lowest BCUT2D eigenvalue weighted by Crippen LogP contribution is -2.44. The van der Waals surface area contributed by atoms with Crippen LogP contribution in [0.1, 0.15) is 24.3 Å². The van der Waals surface area contributed by atoms with Gasteiger partial charge in [0, 0.05) is 11.9 Å². The van der Waals surface area contributed by atoms with Crippen molar-refractivity contribution in [3.63, 3.8) is 0 Å². The molecule has 0 radical (unpaired) electrons. The maximum Gasteiger partial charge on any atom is 0.273 e. The van der Waals surface area contributed by atoms with Crippen molar-refractivity contribution in [2.75, 3.05) is 6.54 Å². The summed E-state index contributed by atoms with van der Waals surface area (Å²) in [6, 6.07) is 6.75. The molecule has 2 amide bonds. The number of H-pyrrole nitrogens is 1. The third kappa shape index (κ3) is 2.73. The lowest BCUT2D eigenvalue weighted by molar-refractivity contribution is -0.122. The molecular weight excluding hydrogens is 244 g/mol. The first-order valence-electron chi connectivity index (χ1n) is 6.15. The Labute approximate surface area is 110 Å². The van der Waals surface area contributed by atoms with E-state index in [9.17, 15) is 9.59 Å². The van der Waals surface area contributed by atoms with E-state index in [-0.39, 0.29) is 11.8 Å². The molecule has 1 aromatic heterocycles. The van der Waals surface area contributed by atoms with Gasteiger partial charge in [0.05, 0.1) is 5.52 Å². The first-order chi connectivity index (χ1) is 9.13. The predicted octanol–water partition coefficient (Wildman–Crippen LogP) is 0.817. The molecule has 2 rings (SSSR count). The summed E-state index contributed by atoms with van der Waals surface area (Å²) < 4.78 is 0. The van der Waals surface area contributed by atoms with Crippen molar-refractivity contribution in [2.45, 2.75) is 19.9 Å². The number of nitrogens with one attached hydrogen (secondary N) is 3. The zero-order chi connectivity index (χ0) is 13.8. The van der Waals surface area contributed by atoms with Gasteiger partial charge in [0.25, 0.3) is 5.91 Å². The molecule has 1 heterocycles. The summed E-state index contributed by atoms with van der Waals surface area (Å²) in [6.45, 7) is 4.00. The highest BCUT2D eigenvalue weighted by Crippen LogP contribution is 2.14. The molecule has 6 heteroatoms. The van der Waals surface area contributed by atoms with Gasteiger partial charge in [0.1, 0.15) is 6.04 Å². The summed E-state index contributed by atoms with van der Waals surface area (Å²) in [6.07, 6.45) is 0. The molecule has 1 atom stereocenters. The number of aromatic amines is 1. The van der Waals surface area contributed by atoms with Gasteiger partial charge in [-0.3, -0.25) is 14.7 Å². The fraction of sp³-hybridized carbons (Fsp3) is 0.308. The van der Waals surface area contributed by atoms with Crippen LogP contribution in [0.3, 0.4) is 0 Å². The molecule has 0 aliphatic heterocycles. The van der Waals surface area contributed by atoms with E-state index in [4.69, 9.17) is 0 Å². The number of rotatable bonds is 4. The summed E-state index contributed by atoms with van der Waals surface area (Å²) in [5.74, 6) is -0.577. The number of para-hydroxylation sites is 1. The smallest absolute Gasteiger partial charge is 0.273 e. The van der Waals surface area contributed by atoms with E-state index in [1.165, 1.54) is 0 Å². The van der Waals surface area contributed by atoms with E-state index in [1.807, 2.05) is 31.2 Å². The number of hydrogen-bond donors (Lipinski definition) is 3. The summed E-state index contributed by atoms with van der Waals surface area (Å²) in [5, 5.41) is 12.8. The minimum atomic E-state index is -0.595. The molecule has 0 bridgehead atoms. The highest BCUT2D eigenvalue weighted by molar-refractivity contribution is 6.05. The quantitative estimate of drug-likeness (QED) is 0.760. The van der Waals surface area contributed by atoms with Crippen LogP contribution >= 0.6 is 0 Å². The van der Waals surface area contributed by atoms with Crippen molar-refractivity contribution in [1.82, 2.24) is 20.8 Å². The molecule has 0 aliphatic rings. The van der Waals surface area contributed by atoms with E-state index < -0.39 is 6.04 Å². The molecule has 0 unspecified atom stereocenters. The van der Waals surface area contributed by atoms with Crippen LogP contribution in [0.5, 0.6) is 0 Å². The number of hydrogen-bond acceptors (Lipinski definition) is 3. The molecule has 1 aromatic carbocycles. The second-order valence-corrected chi connectivity index (χ2v) is 4.21. The van der Waals surface area contributed by atoms with Crippen LogP contribution in [0.4, 0.5) is 0 Å². The van der Waals surface area contributed by atoms with E-state index in [0.29, 0.717) is 12.2 Å². The first kappa shape index (κ1) is 13.1. The van der Waals surface area contributed by atoms with Crippen molar-refractivity contribution in [1.29, 1.82) is 0 Å². The number of likely N-dealkylation sites (N-methyl/N-ethyl adjacent to an activating group) is 1. The molecule has 0 saturated heterocycles. The summed E-state index contributed by atoms with van der Waals surface area (Å²) in [7, 11) is 0. The fourth-order valence-corrected chi connectivity index (χ4v) is 1.79. The highest BCUT2D eigenvalue weighted by Gasteiger charge is 2.19. The Balaban J connectivity index is 2.14. The fourth-order valence-electron chi connectivity index (χ4n) is 1.79.